The Hall–Kier alpha value is -2.01. The third-order valence-electron chi connectivity index (χ3n) is 4.00. The van der Waals surface area contributed by atoms with Gasteiger partial charge in [0.2, 0.25) is 0 Å². The zero-order valence-electron chi connectivity index (χ0n) is 14.9. The summed E-state index contributed by atoms with van der Waals surface area (Å²) in [4.78, 5) is 4.67. The Labute approximate surface area is 166 Å². The standard InChI is InChI=1S/C20H22N2O2.2ClH/c1-23-19-10-7-15(13-20(19)24-2)11-12-21-14-17-9-8-16-5-3-4-6-18(16)22-17;;/h3-10,13,21H,11-12,14H2,1-2H3;2*1H. The van der Waals surface area contributed by atoms with Crippen LogP contribution < -0.4 is 14.8 Å². The van der Waals surface area contributed by atoms with Crippen LogP contribution in [0, 0.1) is 0 Å². The minimum Gasteiger partial charge on any atom is -0.493 e. The second kappa shape index (κ2) is 10.9. The average Bonchev–Trinajstić information content (AvgIpc) is 2.65. The number of hydrogen-bond acceptors (Lipinski definition) is 4. The number of nitrogens with one attached hydrogen (secondary N) is 1. The lowest BCUT2D eigenvalue weighted by molar-refractivity contribution is 0.354. The normalized spacial score (nSPS) is 9.92. The van der Waals surface area contributed by atoms with Gasteiger partial charge in [0.1, 0.15) is 0 Å². The summed E-state index contributed by atoms with van der Waals surface area (Å²) in [6.45, 7) is 1.64. The molecule has 6 heteroatoms. The summed E-state index contributed by atoms with van der Waals surface area (Å²) >= 11 is 0. The molecule has 0 atom stereocenters. The topological polar surface area (TPSA) is 43.4 Å². The largest absolute Gasteiger partial charge is 0.493 e. The van der Waals surface area contributed by atoms with Gasteiger partial charge in [0.25, 0.3) is 0 Å². The van der Waals surface area contributed by atoms with Gasteiger partial charge >= 0.3 is 0 Å². The van der Waals surface area contributed by atoms with Crippen LogP contribution in [-0.2, 0) is 13.0 Å². The van der Waals surface area contributed by atoms with Crippen LogP contribution >= 0.6 is 24.8 Å². The fraction of sp³-hybridized carbons (Fsp3) is 0.250. The molecule has 1 heterocycles. The van der Waals surface area contributed by atoms with E-state index in [1.165, 1.54) is 10.9 Å². The molecule has 0 aliphatic carbocycles. The van der Waals surface area contributed by atoms with Gasteiger partial charge in [-0.3, -0.25) is 4.98 Å². The van der Waals surface area contributed by atoms with Crippen molar-refractivity contribution in [1.29, 1.82) is 0 Å². The zero-order chi connectivity index (χ0) is 16.8. The van der Waals surface area contributed by atoms with Crippen LogP contribution in [0.15, 0.2) is 54.6 Å². The second-order valence-electron chi connectivity index (χ2n) is 5.61. The minimum absolute atomic E-state index is 0. The van der Waals surface area contributed by atoms with E-state index < -0.39 is 0 Å². The van der Waals surface area contributed by atoms with Gasteiger partial charge < -0.3 is 14.8 Å². The fourth-order valence-corrected chi connectivity index (χ4v) is 2.69. The van der Waals surface area contributed by atoms with Crippen molar-refractivity contribution in [2.45, 2.75) is 13.0 Å². The van der Waals surface area contributed by atoms with Crippen molar-refractivity contribution in [1.82, 2.24) is 10.3 Å². The Morgan fingerprint density at radius 2 is 1.65 bits per heavy atom. The smallest absolute Gasteiger partial charge is 0.160 e. The van der Waals surface area contributed by atoms with Crippen molar-refractivity contribution >= 4 is 35.7 Å². The maximum atomic E-state index is 5.34. The third-order valence-corrected chi connectivity index (χ3v) is 4.00. The molecule has 0 aliphatic heterocycles. The highest BCUT2D eigenvalue weighted by Crippen LogP contribution is 2.27. The monoisotopic (exact) mass is 394 g/mol. The number of pyridine rings is 1. The minimum atomic E-state index is 0. The van der Waals surface area contributed by atoms with Gasteiger partial charge in [0.05, 0.1) is 25.4 Å². The van der Waals surface area contributed by atoms with E-state index in [-0.39, 0.29) is 24.8 Å². The third kappa shape index (κ3) is 5.49. The molecule has 140 valence electrons. The van der Waals surface area contributed by atoms with Crippen molar-refractivity contribution in [3.8, 4) is 11.5 Å². The van der Waals surface area contributed by atoms with Gasteiger partial charge in [-0.05, 0) is 42.8 Å². The van der Waals surface area contributed by atoms with Gasteiger partial charge in [-0.1, -0.05) is 30.3 Å². The Morgan fingerprint density at radius 1 is 0.885 bits per heavy atom. The van der Waals surface area contributed by atoms with Crippen LogP contribution in [0.1, 0.15) is 11.3 Å². The molecule has 0 aliphatic rings. The van der Waals surface area contributed by atoms with Gasteiger partial charge in [0.15, 0.2) is 11.5 Å². The summed E-state index contributed by atoms with van der Waals surface area (Å²) in [7, 11) is 3.31. The quantitative estimate of drug-likeness (QED) is 0.602. The molecule has 4 nitrogen and oxygen atoms in total. The first-order valence-electron chi connectivity index (χ1n) is 8.06. The van der Waals surface area contributed by atoms with Crippen molar-refractivity contribution in [2.75, 3.05) is 20.8 Å². The van der Waals surface area contributed by atoms with E-state index in [9.17, 15) is 0 Å². The van der Waals surface area contributed by atoms with Crippen molar-refractivity contribution < 1.29 is 9.47 Å². The molecule has 0 amide bonds. The number of nitrogens with zero attached hydrogens (tertiary/aromatic N) is 1. The first-order chi connectivity index (χ1) is 11.8. The van der Waals surface area contributed by atoms with Crippen LogP contribution in [0.2, 0.25) is 0 Å². The highest BCUT2D eigenvalue weighted by molar-refractivity contribution is 5.85. The lowest BCUT2D eigenvalue weighted by Crippen LogP contribution is -2.17. The molecule has 0 bridgehead atoms. The number of fused-ring (bicyclic) bond motifs is 1. The van der Waals surface area contributed by atoms with Gasteiger partial charge in [-0.25, -0.2) is 0 Å². The van der Waals surface area contributed by atoms with E-state index in [0.29, 0.717) is 0 Å². The van der Waals surface area contributed by atoms with Crippen LogP contribution in [0.4, 0.5) is 0 Å². The van der Waals surface area contributed by atoms with Crippen LogP contribution in [0.5, 0.6) is 11.5 Å². The molecular formula is C20H24Cl2N2O2. The predicted molar refractivity (Wildman–Crippen MR) is 111 cm³/mol. The summed E-state index contributed by atoms with van der Waals surface area (Å²) in [6, 6.07) is 18.4. The Balaban J connectivity index is 0.00000169. The number of ether oxygens (including phenoxy) is 2. The molecule has 0 radical (unpaired) electrons. The Bertz CT molecular complexity index is 828. The lowest BCUT2D eigenvalue weighted by atomic mass is 10.1. The molecule has 3 rings (SSSR count). The fourth-order valence-electron chi connectivity index (χ4n) is 2.69. The number of rotatable bonds is 7. The predicted octanol–water partition coefficient (Wildman–Crippen LogP) is 4.43. The SMILES string of the molecule is COc1ccc(CCNCc2ccc3ccccc3n2)cc1OC.Cl.Cl. The molecule has 2 aromatic carbocycles. The summed E-state index contributed by atoms with van der Waals surface area (Å²) in [5.74, 6) is 1.53. The van der Waals surface area contributed by atoms with E-state index in [4.69, 9.17) is 9.47 Å². The summed E-state index contributed by atoms with van der Waals surface area (Å²) < 4.78 is 10.6. The average molecular weight is 395 g/mol. The van der Waals surface area contributed by atoms with Crippen LogP contribution in [0.3, 0.4) is 0 Å². The van der Waals surface area contributed by atoms with E-state index in [2.05, 4.69) is 34.6 Å². The lowest BCUT2D eigenvalue weighted by Gasteiger charge is -2.10. The summed E-state index contributed by atoms with van der Waals surface area (Å²) in [6.07, 6.45) is 0.925. The summed E-state index contributed by atoms with van der Waals surface area (Å²) in [5, 5.41) is 4.62. The molecule has 0 unspecified atom stereocenters. The van der Waals surface area contributed by atoms with Crippen molar-refractivity contribution in [3.63, 3.8) is 0 Å². The van der Waals surface area contributed by atoms with Crippen LogP contribution in [0.25, 0.3) is 10.9 Å². The molecule has 3 aromatic rings. The number of methoxy groups -OCH3 is 2. The molecule has 0 spiro atoms. The van der Waals surface area contributed by atoms with E-state index in [1.54, 1.807) is 14.2 Å². The summed E-state index contributed by atoms with van der Waals surface area (Å²) in [5.41, 5.74) is 3.31. The molecule has 0 saturated carbocycles. The van der Waals surface area contributed by atoms with Gasteiger partial charge in [-0.2, -0.15) is 0 Å². The second-order valence-corrected chi connectivity index (χ2v) is 5.61. The first-order valence-corrected chi connectivity index (χ1v) is 8.06. The van der Waals surface area contributed by atoms with Gasteiger partial charge in [-0.15, -0.1) is 24.8 Å². The number of halogens is 2. The number of hydrogen-bond donors (Lipinski definition) is 1. The Morgan fingerprint density at radius 3 is 2.42 bits per heavy atom. The first kappa shape index (κ1) is 22.0. The molecule has 0 fully saturated rings. The highest BCUT2D eigenvalue weighted by atomic mass is 35.5. The van der Waals surface area contributed by atoms with Crippen LogP contribution in [-0.4, -0.2) is 25.7 Å². The Kier molecular flexibility index (Phi) is 9.21. The number of benzene rings is 2. The van der Waals surface area contributed by atoms with Gasteiger partial charge in [0, 0.05) is 11.9 Å². The maximum absolute atomic E-state index is 5.34. The molecule has 1 N–H and O–H groups in total. The van der Waals surface area contributed by atoms with E-state index in [1.807, 2.05) is 30.3 Å². The molecule has 26 heavy (non-hydrogen) atoms. The molecular weight excluding hydrogens is 371 g/mol. The van der Waals surface area contributed by atoms with Crippen molar-refractivity contribution in [2.24, 2.45) is 0 Å². The zero-order valence-corrected chi connectivity index (χ0v) is 16.5. The molecule has 0 saturated heterocycles. The number of aromatic nitrogens is 1. The maximum Gasteiger partial charge on any atom is 0.160 e. The van der Waals surface area contributed by atoms with E-state index >= 15 is 0 Å². The van der Waals surface area contributed by atoms with Crippen molar-refractivity contribution in [3.05, 3.63) is 65.9 Å². The number of para-hydroxylation sites is 1. The van der Waals surface area contributed by atoms with E-state index in [0.717, 1.165) is 42.2 Å². The molecule has 1 aromatic heterocycles. The highest BCUT2D eigenvalue weighted by Gasteiger charge is 2.04.